The molecule has 0 bridgehead atoms. The van der Waals surface area contributed by atoms with Crippen LogP contribution in [0.1, 0.15) is 34.5 Å². The van der Waals surface area contributed by atoms with Gasteiger partial charge in [0.15, 0.2) is 0 Å². The van der Waals surface area contributed by atoms with Crippen molar-refractivity contribution in [2.75, 3.05) is 0 Å². The Bertz CT molecular complexity index is 1530. The van der Waals surface area contributed by atoms with Crippen LogP contribution >= 0.6 is 0 Å². The minimum atomic E-state index is -0.813. The van der Waals surface area contributed by atoms with Crippen molar-refractivity contribution < 1.29 is 10.2 Å². The van der Waals surface area contributed by atoms with Crippen LogP contribution in [-0.4, -0.2) is 10.2 Å². The molecule has 2 heteroatoms. The molecular weight excluding hydrogens is 440 g/mol. The molecule has 0 aromatic heterocycles. The number of rotatable bonds is 5. The van der Waals surface area contributed by atoms with Gasteiger partial charge in [0, 0.05) is 0 Å². The highest BCUT2D eigenvalue weighted by molar-refractivity contribution is 6.08. The quantitative estimate of drug-likeness (QED) is 0.272. The maximum atomic E-state index is 11.6. The molecular formula is C34H26O2. The lowest BCUT2D eigenvalue weighted by Crippen LogP contribution is -2.07. The van der Waals surface area contributed by atoms with Crippen LogP contribution in [0.5, 0.6) is 0 Å². The van der Waals surface area contributed by atoms with Crippen LogP contribution in [0.4, 0.5) is 0 Å². The molecule has 174 valence electrons. The van der Waals surface area contributed by atoms with Gasteiger partial charge in [-0.15, -0.1) is 0 Å². The summed E-state index contributed by atoms with van der Waals surface area (Å²) in [5.74, 6) is 0. The van der Waals surface area contributed by atoms with Crippen LogP contribution in [-0.2, 0) is 0 Å². The molecule has 0 heterocycles. The summed E-state index contributed by atoms with van der Waals surface area (Å²) in [6.07, 6.45) is -1.63. The summed E-state index contributed by atoms with van der Waals surface area (Å²) in [6, 6.07) is 44.2. The molecule has 6 rings (SSSR count). The fourth-order valence-corrected chi connectivity index (χ4v) is 5.22. The van der Waals surface area contributed by atoms with Crippen molar-refractivity contribution in [1.82, 2.24) is 0 Å². The molecule has 0 aliphatic rings. The van der Waals surface area contributed by atoms with E-state index in [9.17, 15) is 10.2 Å². The smallest absolute Gasteiger partial charge is 0.105 e. The van der Waals surface area contributed by atoms with E-state index in [-0.39, 0.29) is 0 Å². The molecule has 0 aliphatic heterocycles. The molecule has 0 spiro atoms. The van der Waals surface area contributed by atoms with Crippen molar-refractivity contribution >= 4 is 21.5 Å². The van der Waals surface area contributed by atoms with E-state index in [1.54, 1.807) is 0 Å². The third-order valence-corrected chi connectivity index (χ3v) is 6.99. The average Bonchev–Trinajstić information content (AvgIpc) is 2.96. The first-order chi connectivity index (χ1) is 17.7. The molecule has 0 amide bonds. The van der Waals surface area contributed by atoms with Crippen molar-refractivity contribution in [2.45, 2.75) is 12.2 Å². The first kappa shape index (κ1) is 22.2. The van der Waals surface area contributed by atoms with Crippen molar-refractivity contribution in [1.29, 1.82) is 0 Å². The van der Waals surface area contributed by atoms with E-state index < -0.39 is 12.2 Å². The molecule has 6 aromatic carbocycles. The monoisotopic (exact) mass is 466 g/mol. The molecule has 2 atom stereocenters. The van der Waals surface area contributed by atoms with Gasteiger partial charge >= 0.3 is 0 Å². The lowest BCUT2D eigenvalue weighted by atomic mass is 9.82. The average molecular weight is 467 g/mol. The summed E-state index contributed by atoms with van der Waals surface area (Å²) in [6.45, 7) is 0. The lowest BCUT2D eigenvalue weighted by Gasteiger charge is -2.24. The largest absolute Gasteiger partial charge is 0.384 e. The first-order valence-electron chi connectivity index (χ1n) is 12.2. The number of aliphatic hydroxyl groups is 2. The van der Waals surface area contributed by atoms with Crippen LogP contribution in [0, 0.1) is 0 Å². The zero-order valence-corrected chi connectivity index (χ0v) is 19.8. The Labute approximate surface area is 210 Å². The Balaban J connectivity index is 1.72. The van der Waals surface area contributed by atoms with E-state index in [4.69, 9.17) is 0 Å². The molecule has 36 heavy (non-hydrogen) atoms. The van der Waals surface area contributed by atoms with E-state index in [1.165, 1.54) is 0 Å². The van der Waals surface area contributed by atoms with Crippen LogP contribution in [0.3, 0.4) is 0 Å². The summed E-state index contributed by atoms with van der Waals surface area (Å²) in [5, 5.41) is 27.6. The highest BCUT2D eigenvalue weighted by Gasteiger charge is 2.24. The second-order valence-electron chi connectivity index (χ2n) is 9.13. The topological polar surface area (TPSA) is 40.5 Å². The van der Waals surface area contributed by atoms with Gasteiger partial charge in [-0.3, -0.25) is 0 Å². The molecule has 0 radical (unpaired) electrons. The van der Waals surface area contributed by atoms with E-state index in [0.29, 0.717) is 0 Å². The van der Waals surface area contributed by atoms with Crippen molar-refractivity contribution in [2.24, 2.45) is 0 Å². The summed E-state index contributed by atoms with van der Waals surface area (Å²) >= 11 is 0. The standard InChI is InChI=1S/C34H26O2/c35-33(25-13-3-1-4-14-25)29-21-19-23-11-7-9-17-27(23)31(29)32-28-18-10-8-12-24(28)20-22-30(32)34(36)26-15-5-2-6-16-26/h1-22,33-36H. The molecule has 0 aliphatic carbocycles. The summed E-state index contributed by atoms with van der Waals surface area (Å²) in [5.41, 5.74) is 5.20. The first-order valence-corrected chi connectivity index (χ1v) is 12.2. The van der Waals surface area contributed by atoms with E-state index in [1.807, 2.05) is 97.1 Å². The highest BCUT2D eigenvalue weighted by Crippen LogP contribution is 2.44. The van der Waals surface area contributed by atoms with Gasteiger partial charge in [-0.05, 0) is 54.9 Å². The van der Waals surface area contributed by atoms with Gasteiger partial charge in [-0.25, -0.2) is 0 Å². The molecule has 0 saturated carbocycles. The zero-order valence-electron chi connectivity index (χ0n) is 19.8. The molecule has 0 saturated heterocycles. The third-order valence-electron chi connectivity index (χ3n) is 6.99. The van der Waals surface area contributed by atoms with Gasteiger partial charge in [-0.1, -0.05) is 133 Å². The van der Waals surface area contributed by atoms with Crippen molar-refractivity contribution in [3.63, 3.8) is 0 Å². The Morgan fingerprint density at radius 1 is 0.361 bits per heavy atom. The summed E-state index contributed by atoms with van der Waals surface area (Å²) < 4.78 is 0. The number of hydrogen-bond acceptors (Lipinski definition) is 2. The zero-order chi connectivity index (χ0) is 24.5. The van der Waals surface area contributed by atoms with Gasteiger partial charge in [0.1, 0.15) is 12.2 Å². The highest BCUT2D eigenvalue weighted by atomic mass is 16.3. The van der Waals surface area contributed by atoms with Crippen LogP contribution in [0.15, 0.2) is 133 Å². The Morgan fingerprint density at radius 3 is 1.14 bits per heavy atom. The maximum absolute atomic E-state index is 11.6. The van der Waals surface area contributed by atoms with Gasteiger partial charge in [0.05, 0.1) is 0 Å². The summed E-state index contributed by atoms with van der Waals surface area (Å²) in [7, 11) is 0. The van der Waals surface area contributed by atoms with E-state index in [0.717, 1.165) is 54.9 Å². The molecule has 2 N–H and O–H groups in total. The predicted molar refractivity (Wildman–Crippen MR) is 148 cm³/mol. The van der Waals surface area contributed by atoms with Crippen molar-refractivity contribution in [3.05, 3.63) is 156 Å². The number of aliphatic hydroxyl groups excluding tert-OH is 2. The Hall–Kier alpha value is -4.24. The lowest BCUT2D eigenvalue weighted by molar-refractivity contribution is 0.219. The van der Waals surface area contributed by atoms with Crippen LogP contribution < -0.4 is 0 Å². The van der Waals surface area contributed by atoms with E-state index >= 15 is 0 Å². The predicted octanol–water partition coefficient (Wildman–Crippen LogP) is 7.82. The van der Waals surface area contributed by atoms with Crippen molar-refractivity contribution in [3.8, 4) is 11.1 Å². The second kappa shape index (κ2) is 9.43. The minimum Gasteiger partial charge on any atom is -0.384 e. The maximum Gasteiger partial charge on any atom is 0.105 e. The number of benzene rings is 6. The van der Waals surface area contributed by atoms with Gasteiger partial charge in [0.2, 0.25) is 0 Å². The van der Waals surface area contributed by atoms with Gasteiger partial charge in [0.25, 0.3) is 0 Å². The normalized spacial score (nSPS) is 13.1. The van der Waals surface area contributed by atoms with Crippen LogP contribution in [0.25, 0.3) is 32.7 Å². The van der Waals surface area contributed by atoms with Gasteiger partial charge in [-0.2, -0.15) is 0 Å². The van der Waals surface area contributed by atoms with E-state index in [2.05, 4.69) is 36.4 Å². The molecule has 0 fully saturated rings. The SMILES string of the molecule is OC(c1ccccc1)c1ccc2ccccc2c1-c1c(C(O)c2ccccc2)ccc2ccccc12. The second-order valence-corrected chi connectivity index (χ2v) is 9.13. The Morgan fingerprint density at radius 2 is 0.722 bits per heavy atom. The van der Waals surface area contributed by atoms with Gasteiger partial charge < -0.3 is 10.2 Å². The minimum absolute atomic E-state index is 0.813. The third kappa shape index (κ3) is 3.87. The number of hydrogen-bond donors (Lipinski definition) is 2. The number of fused-ring (bicyclic) bond motifs is 2. The Kier molecular flexibility index (Phi) is 5.82. The molecule has 6 aromatic rings. The fourth-order valence-electron chi connectivity index (χ4n) is 5.22. The molecule has 2 nitrogen and oxygen atoms in total. The van der Waals surface area contributed by atoms with Crippen LogP contribution in [0.2, 0.25) is 0 Å². The molecule has 2 unspecified atom stereocenters. The fraction of sp³-hybridized carbons (Fsp3) is 0.0588. The summed E-state index contributed by atoms with van der Waals surface area (Å²) in [4.78, 5) is 0.